The predicted molar refractivity (Wildman–Crippen MR) is 85.9 cm³/mol. The molecule has 2 nitrogen and oxygen atoms in total. The minimum Gasteiger partial charge on any atom is -0.305 e. The Morgan fingerprint density at radius 1 is 1.13 bits per heavy atom. The molecule has 1 saturated heterocycles. The van der Waals surface area contributed by atoms with E-state index in [2.05, 4.69) is 0 Å². The molecule has 3 rings (SSSR count). The molecular formula is C18H16ClF2NO. The zero-order chi connectivity index (χ0) is 16.6. The van der Waals surface area contributed by atoms with Crippen LogP contribution in [0.2, 0.25) is 5.02 Å². The third kappa shape index (κ3) is 3.14. The van der Waals surface area contributed by atoms with E-state index in [1.165, 1.54) is 30.3 Å². The van der Waals surface area contributed by atoms with Gasteiger partial charge in [0.05, 0.1) is 0 Å². The van der Waals surface area contributed by atoms with Crippen molar-refractivity contribution in [1.82, 2.24) is 4.90 Å². The van der Waals surface area contributed by atoms with E-state index >= 15 is 0 Å². The van der Waals surface area contributed by atoms with Crippen LogP contribution in [-0.2, 0) is 0 Å². The number of rotatable bonds is 3. The predicted octanol–water partition coefficient (Wildman–Crippen LogP) is 4.15. The van der Waals surface area contributed by atoms with Crippen molar-refractivity contribution in [3.63, 3.8) is 0 Å². The second-order valence-electron chi connectivity index (χ2n) is 5.94. The largest absolute Gasteiger partial charge is 0.305 e. The summed E-state index contributed by atoms with van der Waals surface area (Å²) in [5, 5.41) is 0.335. The number of ketones is 1. The first-order valence-electron chi connectivity index (χ1n) is 7.39. The molecule has 0 bridgehead atoms. The van der Waals surface area contributed by atoms with Crippen LogP contribution in [0.25, 0.3) is 0 Å². The molecule has 1 heterocycles. The number of carbonyl (C=O) groups excluding carboxylic acids is 1. The molecule has 1 aliphatic heterocycles. The fraction of sp³-hybridized carbons (Fsp3) is 0.278. The molecule has 0 spiro atoms. The number of hydrogen-bond donors (Lipinski definition) is 0. The van der Waals surface area contributed by atoms with Crippen molar-refractivity contribution in [2.45, 2.75) is 5.92 Å². The molecule has 0 saturated carbocycles. The highest BCUT2D eigenvalue weighted by Gasteiger charge is 2.39. The third-order valence-corrected chi connectivity index (χ3v) is 4.67. The quantitative estimate of drug-likeness (QED) is 0.785. The number of hydrogen-bond acceptors (Lipinski definition) is 2. The molecule has 120 valence electrons. The summed E-state index contributed by atoms with van der Waals surface area (Å²) in [6.45, 7) is 1.07. The highest BCUT2D eigenvalue weighted by Crippen LogP contribution is 2.38. The maximum Gasteiger partial charge on any atom is 0.167 e. The van der Waals surface area contributed by atoms with Gasteiger partial charge in [0, 0.05) is 41.1 Å². The molecule has 0 aromatic heterocycles. The number of halogens is 3. The van der Waals surface area contributed by atoms with Crippen molar-refractivity contribution >= 4 is 17.4 Å². The number of carbonyl (C=O) groups is 1. The number of likely N-dealkylation sites (tertiary alicyclic amines) is 1. The summed E-state index contributed by atoms with van der Waals surface area (Å²) in [7, 11) is 1.89. The summed E-state index contributed by atoms with van der Waals surface area (Å²) in [4.78, 5) is 14.8. The van der Waals surface area contributed by atoms with Crippen molar-refractivity contribution in [3.05, 3.63) is 70.2 Å². The van der Waals surface area contributed by atoms with E-state index < -0.39 is 17.6 Å². The van der Waals surface area contributed by atoms with Gasteiger partial charge in [-0.2, -0.15) is 0 Å². The molecule has 2 aromatic carbocycles. The molecule has 0 amide bonds. The van der Waals surface area contributed by atoms with E-state index in [1.807, 2.05) is 11.9 Å². The second-order valence-corrected chi connectivity index (χ2v) is 6.35. The lowest BCUT2D eigenvalue weighted by Crippen LogP contribution is -2.23. The lowest BCUT2D eigenvalue weighted by atomic mass is 9.83. The van der Waals surface area contributed by atoms with Gasteiger partial charge in [0.1, 0.15) is 11.6 Å². The second kappa shape index (κ2) is 6.38. The Balaban J connectivity index is 1.97. The van der Waals surface area contributed by atoms with Gasteiger partial charge in [-0.25, -0.2) is 8.78 Å². The Morgan fingerprint density at radius 3 is 2.48 bits per heavy atom. The van der Waals surface area contributed by atoms with Gasteiger partial charge in [-0.05, 0) is 43.4 Å². The van der Waals surface area contributed by atoms with Crippen LogP contribution in [0.15, 0.2) is 42.5 Å². The van der Waals surface area contributed by atoms with E-state index in [9.17, 15) is 13.6 Å². The molecule has 23 heavy (non-hydrogen) atoms. The van der Waals surface area contributed by atoms with Gasteiger partial charge in [-0.15, -0.1) is 0 Å². The molecule has 0 aliphatic carbocycles. The number of benzene rings is 2. The number of Topliss-reactive ketones (excluding diaryl/α,β-unsaturated/α-hetero) is 1. The van der Waals surface area contributed by atoms with Crippen LogP contribution in [0.5, 0.6) is 0 Å². The summed E-state index contributed by atoms with van der Waals surface area (Å²) in [5.74, 6) is -1.61. The van der Waals surface area contributed by atoms with E-state index in [0.29, 0.717) is 29.2 Å². The van der Waals surface area contributed by atoms with Gasteiger partial charge >= 0.3 is 0 Å². The fourth-order valence-electron chi connectivity index (χ4n) is 3.25. The van der Waals surface area contributed by atoms with Crippen LogP contribution in [0.3, 0.4) is 0 Å². The first kappa shape index (κ1) is 16.1. The van der Waals surface area contributed by atoms with Gasteiger partial charge in [0.15, 0.2) is 5.78 Å². The van der Waals surface area contributed by atoms with Crippen LogP contribution in [0.4, 0.5) is 8.78 Å². The minimum absolute atomic E-state index is 0.112. The first-order chi connectivity index (χ1) is 11.0. The summed E-state index contributed by atoms with van der Waals surface area (Å²) in [6.07, 6.45) is 0. The SMILES string of the molecule is CN1C[C@@H](C(=O)c2ccc(F)cc2)[C@H](c2c(F)cccc2Cl)C1. The van der Waals surface area contributed by atoms with Gasteiger partial charge in [0.25, 0.3) is 0 Å². The molecular weight excluding hydrogens is 320 g/mol. The number of nitrogens with zero attached hydrogens (tertiary/aromatic N) is 1. The zero-order valence-electron chi connectivity index (χ0n) is 12.6. The normalized spacial score (nSPS) is 21.6. The Bertz CT molecular complexity index is 712. The van der Waals surface area contributed by atoms with Crippen molar-refractivity contribution in [1.29, 1.82) is 0 Å². The topological polar surface area (TPSA) is 20.3 Å². The van der Waals surface area contributed by atoms with E-state index in [1.54, 1.807) is 12.1 Å². The molecule has 1 fully saturated rings. The fourth-order valence-corrected chi connectivity index (χ4v) is 3.56. The van der Waals surface area contributed by atoms with Crippen LogP contribution in [0, 0.1) is 17.6 Å². The lowest BCUT2D eigenvalue weighted by Gasteiger charge is -2.19. The van der Waals surface area contributed by atoms with Crippen molar-refractivity contribution in [2.75, 3.05) is 20.1 Å². The summed E-state index contributed by atoms with van der Waals surface area (Å²) >= 11 is 6.17. The van der Waals surface area contributed by atoms with Gasteiger partial charge in [-0.1, -0.05) is 17.7 Å². The minimum atomic E-state index is -0.403. The van der Waals surface area contributed by atoms with Gasteiger partial charge < -0.3 is 4.90 Å². The summed E-state index contributed by atoms with van der Waals surface area (Å²) in [5.41, 5.74) is 0.822. The number of likely N-dealkylation sites (N-methyl/N-ethyl adjacent to an activating group) is 1. The average Bonchev–Trinajstić information content (AvgIpc) is 2.89. The van der Waals surface area contributed by atoms with Crippen molar-refractivity contribution in [2.24, 2.45) is 5.92 Å². The molecule has 0 radical (unpaired) electrons. The summed E-state index contributed by atoms with van der Waals surface area (Å²) in [6, 6.07) is 10.0. The first-order valence-corrected chi connectivity index (χ1v) is 7.77. The average molecular weight is 336 g/mol. The van der Waals surface area contributed by atoms with E-state index in [0.717, 1.165) is 0 Å². The van der Waals surface area contributed by atoms with E-state index in [-0.39, 0.29) is 11.7 Å². The lowest BCUT2D eigenvalue weighted by molar-refractivity contribution is 0.0915. The van der Waals surface area contributed by atoms with Crippen LogP contribution in [-0.4, -0.2) is 30.8 Å². The Hall–Kier alpha value is -1.78. The standard InChI is InChI=1S/C18H16ClF2NO/c1-22-9-13(17-15(19)3-2-4-16(17)21)14(10-22)18(23)11-5-7-12(20)8-6-11/h2-8,13-14H,9-10H2,1H3/t13-,14-/m1/s1. The summed E-state index contributed by atoms with van der Waals surface area (Å²) < 4.78 is 27.3. The smallest absolute Gasteiger partial charge is 0.167 e. The molecule has 0 N–H and O–H groups in total. The van der Waals surface area contributed by atoms with Crippen LogP contribution >= 0.6 is 11.6 Å². The highest BCUT2D eigenvalue weighted by atomic mass is 35.5. The molecule has 1 aliphatic rings. The van der Waals surface area contributed by atoms with Crippen LogP contribution < -0.4 is 0 Å². The molecule has 0 unspecified atom stereocenters. The Labute approximate surface area is 138 Å². The maximum absolute atomic E-state index is 14.3. The monoisotopic (exact) mass is 335 g/mol. The van der Waals surface area contributed by atoms with Gasteiger partial charge in [0.2, 0.25) is 0 Å². The van der Waals surface area contributed by atoms with Crippen molar-refractivity contribution < 1.29 is 13.6 Å². The van der Waals surface area contributed by atoms with Crippen molar-refractivity contribution in [3.8, 4) is 0 Å². The zero-order valence-corrected chi connectivity index (χ0v) is 13.4. The molecule has 2 atom stereocenters. The molecule has 2 aromatic rings. The van der Waals surface area contributed by atoms with Gasteiger partial charge in [-0.3, -0.25) is 4.79 Å². The Kier molecular flexibility index (Phi) is 4.46. The third-order valence-electron chi connectivity index (χ3n) is 4.34. The highest BCUT2D eigenvalue weighted by molar-refractivity contribution is 6.31. The molecule has 5 heteroatoms. The Morgan fingerprint density at radius 2 is 1.83 bits per heavy atom. The maximum atomic E-state index is 14.3. The van der Waals surface area contributed by atoms with Crippen LogP contribution in [0.1, 0.15) is 21.8 Å². The van der Waals surface area contributed by atoms with E-state index in [4.69, 9.17) is 11.6 Å².